The van der Waals surface area contributed by atoms with E-state index in [4.69, 9.17) is 27.9 Å². The van der Waals surface area contributed by atoms with E-state index in [2.05, 4.69) is 10.3 Å². The number of pyridine rings is 1. The van der Waals surface area contributed by atoms with Crippen molar-refractivity contribution in [3.8, 4) is 0 Å². The largest absolute Gasteiger partial charge is 0.444 e. The van der Waals surface area contributed by atoms with Crippen molar-refractivity contribution in [3.05, 3.63) is 52.1 Å². The van der Waals surface area contributed by atoms with Gasteiger partial charge in [-0.15, -0.1) is 0 Å². The Bertz CT molecular complexity index is 962. The van der Waals surface area contributed by atoms with Gasteiger partial charge < -0.3 is 19.9 Å². The van der Waals surface area contributed by atoms with Crippen molar-refractivity contribution < 1.29 is 14.3 Å². The predicted molar refractivity (Wildman–Crippen MR) is 123 cm³/mol. The Hall–Kier alpha value is -2.51. The highest BCUT2D eigenvalue weighted by Crippen LogP contribution is 2.28. The van der Waals surface area contributed by atoms with Gasteiger partial charge in [0.15, 0.2) is 5.82 Å². The Kier molecular flexibility index (Phi) is 7.28. The number of carbonyl (C=O) groups is 2. The lowest BCUT2D eigenvalue weighted by atomic mass is 10.2. The van der Waals surface area contributed by atoms with Crippen molar-refractivity contribution in [3.63, 3.8) is 0 Å². The molecular weight excluding hydrogens is 439 g/mol. The number of anilines is 2. The van der Waals surface area contributed by atoms with E-state index in [1.54, 1.807) is 41.4 Å². The van der Waals surface area contributed by atoms with E-state index < -0.39 is 5.60 Å². The number of aromatic nitrogens is 1. The minimum Gasteiger partial charge on any atom is -0.444 e. The molecule has 31 heavy (non-hydrogen) atoms. The molecule has 1 fully saturated rings. The number of hydrogen-bond donors (Lipinski definition) is 1. The van der Waals surface area contributed by atoms with Gasteiger partial charge in [0, 0.05) is 43.0 Å². The van der Waals surface area contributed by atoms with Gasteiger partial charge in [-0.3, -0.25) is 4.79 Å². The van der Waals surface area contributed by atoms with E-state index in [1.165, 1.54) is 0 Å². The lowest BCUT2D eigenvalue weighted by Gasteiger charge is -2.27. The number of rotatable bonds is 3. The average molecular weight is 465 g/mol. The number of halogens is 2. The molecule has 0 radical (unpaired) electrons. The zero-order valence-corrected chi connectivity index (χ0v) is 19.3. The predicted octanol–water partition coefficient (Wildman–Crippen LogP) is 5.09. The molecule has 3 rings (SSSR count). The van der Waals surface area contributed by atoms with Crippen molar-refractivity contribution in [1.82, 2.24) is 9.88 Å². The van der Waals surface area contributed by atoms with Crippen LogP contribution in [0.2, 0.25) is 10.0 Å². The molecule has 0 bridgehead atoms. The molecule has 9 heteroatoms. The van der Waals surface area contributed by atoms with E-state index in [-0.39, 0.29) is 12.0 Å². The topological polar surface area (TPSA) is 74.8 Å². The van der Waals surface area contributed by atoms with Crippen LogP contribution >= 0.6 is 23.2 Å². The highest BCUT2D eigenvalue weighted by Gasteiger charge is 2.26. The molecule has 0 spiro atoms. The Morgan fingerprint density at radius 2 is 1.84 bits per heavy atom. The summed E-state index contributed by atoms with van der Waals surface area (Å²) >= 11 is 12.1. The number of nitrogens with one attached hydrogen (secondary N) is 1. The quantitative estimate of drug-likeness (QED) is 0.684. The highest BCUT2D eigenvalue weighted by atomic mass is 35.5. The Morgan fingerprint density at radius 3 is 2.55 bits per heavy atom. The van der Waals surface area contributed by atoms with Crippen LogP contribution in [0.25, 0.3) is 0 Å². The second-order valence-corrected chi connectivity index (χ2v) is 9.17. The number of nitrogens with zero attached hydrogens (tertiary/aromatic N) is 3. The van der Waals surface area contributed by atoms with Crippen molar-refractivity contribution >= 4 is 46.7 Å². The van der Waals surface area contributed by atoms with Crippen LogP contribution in [-0.4, -0.2) is 53.7 Å². The summed E-state index contributed by atoms with van der Waals surface area (Å²) in [6.07, 6.45) is 1.96. The lowest BCUT2D eigenvalue weighted by molar-refractivity contribution is 0.0263. The smallest absolute Gasteiger partial charge is 0.410 e. The Balaban J connectivity index is 1.75. The first-order valence-electron chi connectivity index (χ1n) is 10.1. The van der Waals surface area contributed by atoms with Crippen LogP contribution in [-0.2, 0) is 4.74 Å². The second-order valence-electron chi connectivity index (χ2n) is 8.30. The zero-order chi connectivity index (χ0) is 22.6. The fraction of sp³-hybridized carbons (Fsp3) is 0.409. The molecular formula is C22H26Cl2N4O3. The van der Waals surface area contributed by atoms with E-state index >= 15 is 0 Å². The monoisotopic (exact) mass is 464 g/mol. The summed E-state index contributed by atoms with van der Waals surface area (Å²) < 4.78 is 5.49. The number of amides is 2. The first-order valence-corrected chi connectivity index (χ1v) is 10.8. The van der Waals surface area contributed by atoms with Crippen molar-refractivity contribution in [2.75, 3.05) is 36.4 Å². The number of carbonyl (C=O) groups excluding carboxylic acids is 2. The molecule has 1 aromatic heterocycles. The summed E-state index contributed by atoms with van der Waals surface area (Å²) in [4.78, 5) is 33.4. The molecule has 1 aromatic carbocycles. The Morgan fingerprint density at radius 1 is 1.06 bits per heavy atom. The average Bonchev–Trinajstić information content (AvgIpc) is 2.93. The van der Waals surface area contributed by atoms with Crippen LogP contribution in [0.3, 0.4) is 0 Å². The third-order valence-corrected chi connectivity index (χ3v) is 5.06. The summed E-state index contributed by atoms with van der Waals surface area (Å²) in [6, 6.07) is 8.37. The van der Waals surface area contributed by atoms with Crippen molar-refractivity contribution in [2.45, 2.75) is 32.8 Å². The molecule has 0 unspecified atom stereocenters. The van der Waals surface area contributed by atoms with Crippen LogP contribution in [0.4, 0.5) is 16.3 Å². The summed E-state index contributed by atoms with van der Waals surface area (Å²) in [7, 11) is 0. The van der Waals surface area contributed by atoms with Gasteiger partial charge in [-0.1, -0.05) is 29.3 Å². The van der Waals surface area contributed by atoms with Gasteiger partial charge in [0.2, 0.25) is 0 Å². The fourth-order valence-corrected chi connectivity index (χ4v) is 3.59. The van der Waals surface area contributed by atoms with Crippen LogP contribution < -0.4 is 10.2 Å². The van der Waals surface area contributed by atoms with Gasteiger partial charge in [-0.05, 0) is 51.5 Å². The first kappa shape index (κ1) is 23.2. The number of benzene rings is 1. The van der Waals surface area contributed by atoms with Crippen molar-refractivity contribution in [1.29, 1.82) is 0 Å². The SMILES string of the molecule is CC(C)(C)OC(=O)N1CCCN(c2ncc(Cl)cc2NC(=O)c2cccc(Cl)c2)CC1. The lowest BCUT2D eigenvalue weighted by Crippen LogP contribution is -2.39. The third kappa shape index (κ3) is 6.48. The number of ether oxygens (including phenoxy) is 1. The van der Waals surface area contributed by atoms with Crippen LogP contribution in [0, 0.1) is 0 Å². The maximum absolute atomic E-state index is 12.7. The molecule has 7 nitrogen and oxygen atoms in total. The zero-order valence-electron chi connectivity index (χ0n) is 17.8. The minimum atomic E-state index is -0.543. The molecule has 1 N–H and O–H groups in total. The molecule has 1 aliphatic heterocycles. The minimum absolute atomic E-state index is 0.307. The molecule has 2 heterocycles. The Labute approximate surface area is 192 Å². The van der Waals surface area contributed by atoms with Crippen LogP contribution in [0.5, 0.6) is 0 Å². The molecule has 2 aromatic rings. The van der Waals surface area contributed by atoms with Gasteiger partial charge in [0.1, 0.15) is 5.60 Å². The van der Waals surface area contributed by atoms with Gasteiger partial charge in [0.25, 0.3) is 5.91 Å². The van der Waals surface area contributed by atoms with Gasteiger partial charge in [-0.2, -0.15) is 0 Å². The van der Waals surface area contributed by atoms with Crippen molar-refractivity contribution in [2.24, 2.45) is 0 Å². The number of hydrogen-bond acceptors (Lipinski definition) is 5. The fourth-order valence-electron chi connectivity index (χ4n) is 3.24. The summed E-state index contributed by atoms with van der Waals surface area (Å²) in [5, 5.41) is 3.78. The van der Waals surface area contributed by atoms with Gasteiger partial charge >= 0.3 is 6.09 Å². The maximum atomic E-state index is 12.7. The molecule has 1 aliphatic rings. The van der Waals surface area contributed by atoms with E-state index in [0.717, 1.165) is 6.42 Å². The molecule has 0 saturated carbocycles. The van der Waals surface area contributed by atoms with E-state index in [9.17, 15) is 9.59 Å². The summed E-state index contributed by atoms with van der Waals surface area (Å²) in [6.45, 7) is 7.84. The third-order valence-electron chi connectivity index (χ3n) is 4.62. The van der Waals surface area contributed by atoms with Gasteiger partial charge in [0.05, 0.1) is 10.7 Å². The summed E-state index contributed by atoms with van der Waals surface area (Å²) in [5.41, 5.74) is 0.395. The molecule has 0 aliphatic carbocycles. The first-order chi connectivity index (χ1) is 14.6. The maximum Gasteiger partial charge on any atom is 0.410 e. The van der Waals surface area contributed by atoms with E-state index in [0.29, 0.717) is 53.3 Å². The summed E-state index contributed by atoms with van der Waals surface area (Å²) in [5.74, 6) is 0.295. The standard InChI is InChI=1S/C22H26Cl2N4O3/c1-22(2,3)31-21(30)28-9-5-8-27(10-11-28)19-18(13-17(24)14-25-19)26-20(29)15-6-4-7-16(23)12-15/h4,6-7,12-14H,5,8-11H2,1-3H3,(H,26,29). The normalized spacial score (nSPS) is 14.7. The molecule has 166 valence electrons. The molecule has 0 atom stereocenters. The highest BCUT2D eigenvalue weighted by molar-refractivity contribution is 6.31. The van der Waals surface area contributed by atoms with Gasteiger partial charge in [-0.25, -0.2) is 9.78 Å². The molecule has 1 saturated heterocycles. The molecule has 2 amide bonds. The van der Waals surface area contributed by atoms with Crippen LogP contribution in [0.1, 0.15) is 37.6 Å². The van der Waals surface area contributed by atoms with E-state index in [1.807, 2.05) is 25.7 Å². The second kappa shape index (κ2) is 9.75. The van der Waals surface area contributed by atoms with Crippen LogP contribution in [0.15, 0.2) is 36.5 Å².